The van der Waals surface area contributed by atoms with Crippen LogP contribution >= 0.6 is 0 Å². The van der Waals surface area contributed by atoms with Crippen molar-refractivity contribution in [2.24, 2.45) is 0 Å². The lowest BCUT2D eigenvalue weighted by atomic mass is 10.2. The molecule has 0 aliphatic heterocycles. The number of aliphatic carboxylic acids is 1. The molecule has 26 heavy (non-hydrogen) atoms. The Hall–Kier alpha value is -3.62. The van der Waals surface area contributed by atoms with Crippen LogP contribution in [0.2, 0.25) is 0 Å². The lowest BCUT2D eigenvalue weighted by Crippen LogP contribution is -2.18. The molecule has 0 unspecified atom stereocenters. The number of hydrogen-bond acceptors (Lipinski definition) is 5. The number of para-hydroxylation sites is 1. The van der Waals surface area contributed by atoms with Gasteiger partial charge in [-0.2, -0.15) is 0 Å². The topological polar surface area (TPSA) is 114 Å². The van der Waals surface area contributed by atoms with Gasteiger partial charge >= 0.3 is 12.1 Å². The van der Waals surface area contributed by atoms with Crippen LogP contribution in [-0.2, 0) is 9.59 Å². The summed E-state index contributed by atoms with van der Waals surface area (Å²) in [5.74, 6) is -2.59. The minimum Gasteiger partial charge on any atom is -0.480 e. The molecule has 3 N–H and O–H groups in total. The van der Waals surface area contributed by atoms with Crippen LogP contribution in [0, 0.1) is 5.82 Å². The molecule has 2 aromatic rings. The van der Waals surface area contributed by atoms with Gasteiger partial charge < -0.3 is 19.9 Å². The zero-order chi connectivity index (χ0) is 19.1. The molecule has 0 aliphatic carbocycles. The first kappa shape index (κ1) is 18.7. The Bertz CT molecular complexity index is 826. The molecule has 2 amide bonds. The van der Waals surface area contributed by atoms with Gasteiger partial charge in [0.05, 0.1) is 11.4 Å². The summed E-state index contributed by atoms with van der Waals surface area (Å²) in [6.07, 6.45) is -0.942. The number of nitrogens with one attached hydrogen (secondary N) is 2. The van der Waals surface area contributed by atoms with Crippen molar-refractivity contribution in [3.8, 4) is 11.5 Å². The van der Waals surface area contributed by atoms with Crippen LogP contribution in [0.5, 0.6) is 11.5 Å². The molecular weight excluding hydrogens is 347 g/mol. The number of ether oxygens (including phenoxy) is 2. The third kappa shape index (κ3) is 5.48. The maximum atomic E-state index is 14.2. The first-order chi connectivity index (χ1) is 12.3. The molecule has 0 aliphatic rings. The largest absolute Gasteiger partial charge is 0.480 e. The Kier molecular flexibility index (Phi) is 6.10. The molecule has 2 aromatic carbocycles. The number of benzene rings is 2. The lowest BCUT2D eigenvalue weighted by molar-refractivity contribution is -0.139. The van der Waals surface area contributed by atoms with E-state index in [1.165, 1.54) is 6.92 Å². The van der Waals surface area contributed by atoms with Gasteiger partial charge in [-0.15, -0.1) is 0 Å². The van der Waals surface area contributed by atoms with Crippen molar-refractivity contribution in [3.63, 3.8) is 0 Å². The Balaban J connectivity index is 2.20. The molecule has 0 saturated carbocycles. The van der Waals surface area contributed by atoms with E-state index in [4.69, 9.17) is 14.6 Å². The van der Waals surface area contributed by atoms with Crippen LogP contribution in [-0.4, -0.2) is 29.7 Å². The van der Waals surface area contributed by atoms with Crippen molar-refractivity contribution in [2.45, 2.75) is 6.92 Å². The van der Waals surface area contributed by atoms with Crippen molar-refractivity contribution >= 4 is 29.3 Å². The van der Waals surface area contributed by atoms with E-state index < -0.39 is 30.4 Å². The van der Waals surface area contributed by atoms with E-state index in [0.29, 0.717) is 0 Å². The van der Waals surface area contributed by atoms with Crippen LogP contribution in [0.4, 0.5) is 20.6 Å². The second-order valence-electron chi connectivity index (χ2n) is 5.02. The molecule has 0 aromatic heterocycles. The molecule has 9 heteroatoms. The molecular formula is C17H15FN2O6. The molecule has 0 bridgehead atoms. The van der Waals surface area contributed by atoms with Crippen molar-refractivity contribution in [2.75, 3.05) is 17.2 Å². The fourth-order valence-electron chi connectivity index (χ4n) is 1.93. The maximum Gasteiger partial charge on any atom is 0.417 e. The predicted molar refractivity (Wildman–Crippen MR) is 89.9 cm³/mol. The third-order valence-corrected chi connectivity index (χ3v) is 2.92. The summed E-state index contributed by atoms with van der Waals surface area (Å²) in [6, 6.07) is 10.1. The molecule has 0 atom stereocenters. The van der Waals surface area contributed by atoms with Gasteiger partial charge in [-0.3, -0.25) is 10.1 Å². The summed E-state index contributed by atoms with van der Waals surface area (Å²) in [4.78, 5) is 33.7. The highest BCUT2D eigenvalue weighted by Crippen LogP contribution is 2.31. The zero-order valence-electron chi connectivity index (χ0n) is 13.6. The van der Waals surface area contributed by atoms with E-state index in [1.807, 2.05) is 0 Å². The highest BCUT2D eigenvalue weighted by atomic mass is 19.1. The number of amides is 2. The van der Waals surface area contributed by atoms with Crippen LogP contribution in [0.3, 0.4) is 0 Å². The van der Waals surface area contributed by atoms with Gasteiger partial charge in [0.15, 0.2) is 12.4 Å². The summed E-state index contributed by atoms with van der Waals surface area (Å²) in [7, 11) is 0. The van der Waals surface area contributed by atoms with E-state index >= 15 is 0 Å². The molecule has 8 nitrogen and oxygen atoms in total. The number of carboxylic acid groups (broad SMARTS) is 1. The van der Waals surface area contributed by atoms with Crippen molar-refractivity contribution in [3.05, 3.63) is 48.3 Å². The standard InChI is InChI=1S/C17H15FN2O6/c1-10(21)19-14-8-13(12(18)7-15(14)25-9-16(22)23)20-17(24)26-11-5-3-2-4-6-11/h2-8H,9H2,1H3,(H,19,21)(H,20,24)(H,22,23). The summed E-state index contributed by atoms with van der Waals surface area (Å²) >= 11 is 0. The Morgan fingerprint density at radius 3 is 2.38 bits per heavy atom. The van der Waals surface area contributed by atoms with Crippen LogP contribution < -0.4 is 20.1 Å². The normalized spacial score (nSPS) is 9.92. The summed E-state index contributed by atoms with van der Waals surface area (Å²) < 4.78 is 24.1. The Labute approximate surface area is 147 Å². The highest BCUT2D eigenvalue weighted by Gasteiger charge is 2.16. The van der Waals surface area contributed by atoms with E-state index in [-0.39, 0.29) is 22.9 Å². The monoisotopic (exact) mass is 362 g/mol. The van der Waals surface area contributed by atoms with Crippen molar-refractivity contribution in [1.29, 1.82) is 0 Å². The predicted octanol–water partition coefficient (Wildman–Crippen LogP) is 2.86. The zero-order valence-corrected chi connectivity index (χ0v) is 13.6. The second-order valence-corrected chi connectivity index (χ2v) is 5.02. The molecule has 2 rings (SSSR count). The number of carbonyl (C=O) groups is 3. The number of carbonyl (C=O) groups excluding carboxylic acids is 2. The van der Waals surface area contributed by atoms with Crippen LogP contribution in [0.15, 0.2) is 42.5 Å². The van der Waals surface area contributed by atoms with E-state index in [9.17, 15) is 18.8 Å². The van der Waals surface area contributed by atoms with Crippen molar-refractivity contribution < 1.29 is 33.4 Å². The average Bonchev–Trinajstić information content (AvgIpc) is 2.56. The first-order valence-corrected chi connectivity index (χ1v) is 7.34. The number of halogens is 1. The minimum atomic E-state index is -1.27. The van der Waals surface area contributed by atoms with Gasteiger partial charge in [-0.1, -0.05) is 18.2 Å². The lowest BCUT2D eigenvalue weighted by Gasteiger charge is -2.14. The summed E-state index contributed by atoms with van der Waals surface area (Å²) in [6.45, 7) is 0.482. The van der Waals surface area contributed by atoms with Crippen LogP contribution in [0.25, 0.3) is 0 Å². The van der Waals surface area contributed by atoms with Gasteiger partial charge in [0, 0.05) is 13.0 Å². The molecule has 0 radical (unpaired) electrons. The number of rotatable bonds is 6. The fourth-order valence-corrected chi connectivity index (χ4v) is 1.93. The fraction of sp³-hybridized carbons (Fsp3) is 0.118. The highest BCUT2D eigenvalue weighted by molar-refractivity contribution is 5.93. The third-order valence-electron chi connectivity index (χ3n) is 2.92. The summed E-state index contributed by atoms with van der Waals surface area (Å²) in [5.41, 5.74) is -0.285. The van der Waals surface area contributed by atoms with E-state index in [0.717, 1.165) is 12.1 Å². The number of anilines is 2. The number of hydrogen-bond donors (Lipinski definition) is 3. The molecule has 0 saturated heterocycles. The van der Waals surface area contributed by atoms with Gasteiger partial charge in [-0.25, -0.2) is 14.0 Å². The summed E-state index contributed by atoms with van der Waals surface area (Å²) in [5, 5.41) is 13.2. The number of carboxylic acids is 1. The maximum absolute atomic E-state index is 14.2. The van der Waals surface area contributed by atoms with Gasteiger partial charge in [0.25, 0.3) is 0 Å². The van der Waals surface area contributed by atoms with Gasteiger partial charge in [0.2, 0.25) is 5.91 Å². The smallest absolute Gasteiger partial charge is 0.417 e. The molecule has 0 spiro atoms. The van der Waals surface area contributed by atoms with E-state index in [1.54, 1.807) is 30.3 Å². The minimum absolute atomic E-state index is 0.00448. The average molecular weight is 362 g/mol. The van der Waals surface area contributed by atoms with Gasteiger partial charge in [-0.05, 0) is 18.2 Å². The van der Waals surface area contributed by atoms with Gasteiger partial charge in [0.1, 0.15) is 11.5 Å². The Morgan fingerprint density at radius 1 is 1.08 bits per heavy atom. The molecule has 0 fully saturated rings. The first-order valence-electron chi connectivity index (χ1n) is 7.34. The van der Waals surface area contributed by atoms with E-state index in [2.05, 4.69) is 10.6 Å². The SMILES string of the molecule is CC(=O)Nc1cc(NC(=O)Oc2ccccc2)c(F)cc1OCC(=O)O. The van der Waals surface area contributed by atoms with Crippen molar-refractivity contribution in [1.82, 2.24) is 0 Å². The molecule has 0 heterocycles. The second kappa shape index (κ2) is 8.47. The van der Waals surface area contributed by atoms with Crippen LogP contribution in [0.1, 0.15) is 6.92 Å². The Morgan fingerprint density at radius 2 is 1.77 bits per heavy atom. The quantitative estimate of drug-likeness (QED) is 0.728. The molecule has 136 valence electrons.